The first-order valence-corrected chi connectivity index (χ1v) is 10.5. The van der Waals surface area contributed by atoms with Crippen LogP contribution >= 0.6 is 0 Å². The lowest BCUT2D eigenvalue weighted by atomic mass is 10.1. The summed E-state index contributed by atoms with van der Waals surface area (Å²) < 4.78 is 39.1. The fourth-order valence-corrected chi connectivity index (χ4v) is 3.32. The average molecular weight is 442 g/mol. The Morgan fingerprint density at radius 1 is 0.750 bits per heavy atom. The van der Waals surface area contributed by atoms with Gasteiger partial charge in [0.2, 0.25) is 5.75 Å². The largest absolute Gasteiger partial charge is 0.497 e. The van der Waals surface area contributed by atoms with E-state index in [0.29, 0.717) is 74.6 Å². The van der Waals surface area contributed by atoms with E-state index in [-0.39, 0.29) is 6.61 Å². The number of methoxy groups -OCH3 is 1. The van der Waals surface area contributed by atoms with Gasteiger partial charge in [-0.2, -0.15) is 0 Å². The van der Waals surface area contributed by atoms with E-state index in [1.807, 2.05) is 18.2 Å². The fraction of sp³-hybridized carbons (Fsp3) is 0.375. The standard InChI is InChI=1S/C24H26O8/c1-26-19-5-2-17(3-6-19)20-16-18-4-7-21-23(22(18)32-24(20)25)31-15-13-29-11-9-27-8-10-28-12-14-30-21/h2-7,16H,8-15H2,1H3. The molecule has 0 saturated carbocycles. The van der Waals surface area contributed by atoms with Gasteiger partial charge in [-0.15, -0.1) is 0 Å². The minimum atomic E-state index is -0.465. The van der Waals surface area contributed by atoms with Crippen molar-refractivity contribution in [1.29, 1.82) is 0 Å². The molecule has 2 heterocycles. The van der Waals surface area contributed by atoms with E-state index in [0.717, 1.165) is 10.9 Å². The summed E-state index contributed by atoms with van der Waals surface area (Å²) in [5.41, 5.74) is 1.06. The van der Waals surface area contributed by atoms with Crippen LogP contribution in [0.1, 0.15) is 0 Å². The van der Waals surface area contributed by atoms with Gasteiger partial charge in [0.15, 0.2) is 11.3 Å². The molecule has 32 heavy (non-hydrogen) atoms. The zero-order chi connectivity index (χ0) is 22.2. The van der Waals surface area contributed by atoms with Crippen LogP contribution in [0.2, 0.25) is 0 Å². The number of hydrogen-bond acceptors (Lipinski definition) is 8. The normalized spacial score (nSPS) is 16.2. The van der Waals surface area contributed by atoms with Gasteiger partial charge in [0, 0.05) is 5.39 Å². The molecule has 4 rings (SSSR count). The van der Waals surface area contributed by atoms with Crippen LogP contribution in [0.25, 0.3) is 22.1 Å². The van der Waals surface area contributed by atoms with Crippen LogP contribution in [0.5, 0.6) is 17.2 Å². The summed E-state index contributed by atoms with van der Waals surface area (Å²) >= 11 is 0. The smallest absolute Gasteiger partial charge is 0.344 e. The number of fused-ring (bicyclic) bond motifs is 3. The predicted molar refractivity (Wildman–Crippen MR) is 118 cm³/mol. The van der Waals surface area contributed by atoms with Gasteiger partial charge in [-0.3, -0.25) is 0 Å². The molecule has 0 aliphatic carbocycles. The molecule has 0 spiro atoms. The van der Waals surface area contributed by atoms with Crippen LogP contribution in [-0.2, 0) is 14.2 Å². The van der Waals surface area contributed by atoms with Crippen molar-refractivity contribution in [3.05, 3.63) is 52.9 Å². The topological polar surface area (TPSA) is 85.6 Å². The van der Waals surface area contributed by atoms with Crippen molar-refractivity contribution in [2.75, 3.05) is 60.0 Å². The minimum absolute atomic E-state index is 0.274. The molecule has 0 N–H and O–H groups in total. The van der Waals surface area contributed by atoms with Crippen LogP contribution in [0.15, 0.2) is 51.7 Å². The molecule has 1 aromatic heterocycles. The van der Waals surface area contributed by atoms with Gasteiger partial charge >= 0.3 is 5.63 Å². The molecule has 0 fully saturated rings. The van der Waals surface area contributed by atoms with Crippen molar-refractivity contribution in [2.45, 2.75) is 0 Å². The summed E-state index contributed by atoms with van der Waals surface area (Å²) in [7, 11) is 1.60. The Kier molecular flexibility index (Phi) is 7.60. The second-order valence-electron chi connectivity index (χ2n) is 7.02. The molecule has 8 nitrogen and oxygen atoms in total. The quantitative estimate of drug-likeness (QED) is 0.559. The van der Waals surface area contributed by atoms with E-state index in [1.165, 1.54) is 0 Å². The van der Waals surface area contributed by atoms with Crippen LogP contribution in [-0.4, -0.2) is 60.0 Å². The van der Waals surface area contributed by atoms with Gasteiger partial charge in [-0.05, 0) is 35.9 Å². The molecule has 0 bridgehead atoms. The molecule has 0 saturated heterocycles. The average Bonchev–Trinajstić information content (AvgIpc) is 2.83. The second kappa shape index (κ2) is 11.0. The predicted octanol–water partition coefficient (Wildman–Crippen LogP) is 3.29. The van der Waals surface area contributed by atoms with E-state index in [1.54, 1.807) is 31.4 Å². The number of hydrogen-bond donors (Lipinski definition) is 0. The van der Waals surface area contributed by atoms with Crippen LogP contribution < -0.4 is 19.8 Å². The third-order valence-corrected chi connectivity index (χ3v) is 4.93. The summed E-state index contributed by atoms with van der Waals surface area (Å²) in [6.45, 7) is 3.30. The van der Waals surface area contributed by atoms with E-state index in [2.05, 4.69) is 0 Å². The molecule has 8 heteroatoms. The van der Waals surface area contributed by atoms with Crippen molar-refractivity contribution < 1.29 is 32.8 Å². The monoisotopic (exact) mass is 442 g/mol. The zero-order valence-corrected chi connectivity index (χ0v) is 18.0. The SMILES string of the molecule is COc1ccc(-c2cc3ccc4c(c3oc2=O)OCCOCCOCCOCCO4)cc1. The van der Waals surface area contributed by atoms with Crippen LogP contribution in [0.4, 0.5) is 0 Å². The zero-order valence-electron chi connectivity index (χ0n) is 18.0. The van der Waals surface area contributed by atoms with E-state index in [9.17, 15) is 4.79 Å². The van der Waals surface area contributed by atoms with Gasteiger partial charge in [-0.25, -0.2) is 4.79 Å². The summed E-state index contributed by atoms with van der Waals surface area (Å²) in [6.07, 6.45) is 0. The highest BCUT2D eigenvalue weighted by atomic mass is 16.6. The van der Waals surface area contributed by atoms with Crippen molar-refractivity contribution in [3.63, 3.8) is 0 Å². The molecule has 2 aromatic carbocycles. The molecule has 1 aliphatic heterocycles. The highest BCUT2D eigenvalue weighted by Gasteiger charge is 2.17. The molecule has 170 valence electrons. The lowest BCUT2D eigenvalue weighted by molar-refractivity contribution is 0.00709. The molecule has 0 unspecified atom stereocenters. The first-order chi connectivity index (χ1) is 15.8. The molecule has 1 aliphatic rings. The van der Waals surface area contributed by atoms with Crippen LogP contribution in [0, 0.1) is 0 Å². The first kappa shape index (κ1) is 22.1. The van der Waals surface area contributed by atoms with Crippen molar-refractivity contribution in [3.8, 4) is 28.4 Å². The second-order valence-corrected chi connectivity index (χ2v) is 7.02. The maximum Gasteiger partial charge on any atom is 0.344 e. The molecule has 0 radical (unpaired) electrons. The highest BCUT2D eigenvalue weighted by Crippen LogP contribution is 2.36. The number of rotatable bonds is 2. The van der Waals surface area contributed by atoms with Gasteiger partial charge in [0.05, 0.1) is 52.3 Å². The minimum Gasteiger partial charge on any atom is -0.497 e. The van der Waals surface area contributed by atoms with Gasteiger partial charge < -0.3 is 32.8 Å². The van der Waals surface area contributed by atoms with Gasteiger partial charge in [0.1, 0.15) is 19.0 Å². The van der Waals surface area contributed by atoms with Gasteiger partial charge in [-0.1, -0.05) is 12.1 Å². The summed E-state index contributed by atoms with van der Waals surface area (Å²) in [5.74, 6) is 1.56. The lowest BCUT2D eigenvalue weighted by Crippen LogP contribution is -2.13. The molecule has 0 amide bonds. The lowest BCUT2D eigenvalue weighted by Gasteiger charge is -2.15. The van der Waals surface area contributed by atoms with Crippen molar-refractivity contribution in [2.24, 2.45) is 0 Å². The molecular weight excluding hydrogens is 416 g/mol. The first-order valence-electron chi connectivity index (χ1n) is 10.5. The Morgan fingerprint density at radius 2 is 1.38 bits per heavy atom. The molecule has 3 aromatic rings. The Bertz CT molecular complexity index is 1070. The third-order valence-electron chi connectivity index (χ3n) is 4.93. The maximum absolute atomic E-state index is 12.8. The number of benzene rings is 2. The summed E-state index contributed by atoms with van der Waals surface area (Å²) in [4.78, 5) is 12.8. The Morgan fingerprint density at radius 3 is 2.03 bits per heavy atom. The van der Waals surface area contributed by atoms with Gasteiger partial charge in [0.25, 0.3) is 0 Å². The van der Waals surface area contributed by atoms with E-state index >= 15 is 0 Å². The van der Waals surface area contributed by atoms with Crippen molar-refractivity contribution >= 4 is 11.0 Å². The highest BCUT2D eigenvalue weighted by molar-refractivity contribution is 5.88. The van der Waals surface area contributed by atoms with E-state index < -0.39 is 5.63 Å². The fourth-order valence-electron chi connectivity index (χ4n) is 3.32. The molecule has 0 atom stereocenters. The molecular formula is C24H26O8. The Hall–Kier alpha value is -3.07. The number of ether oxygens (including phenoxy) is 6. The summed E-state index contributed by atoms with van der Waals surface area (Å²) in [5, 5.41) is 0.723. The van der Waals surface area contributed by atoms with Crippen molar-refractivity contribution in [1.82, 2.24) is 0 Å². The Balaban J connectivity index is 1.66. The third kappa shape index (κ3) is 5.40. The Labute approximate surface area is 185 Å². The van der Waals surface area contributed by atoms with Crippen LogP contribution in [0.3, 0.4) is 0 Å². The van der Waals surface area contributed by atoms with E-state index in [4.69, 9.17) is 32.8 Å². The maximum atomic E-state index is 12.8. The summed E-state index contributed by atoms with van der Waals surface area (Å²) in [6, 6.07) is 12.7.